The predicted octanol–water partition coefficient (Wildman–Crippen LogP) is 3.56. The first-order chi connectivity index (χ1) is 11.1. The SMILES string of the molecule is COCCN[C@H](C(=O)Nc1ccc(C)c(Cl)c1)c1ccccc1. The van der Waals surface area contributed by atoms with E-state index >= 15 is 0 Å². The molecule has 4 nitrogen and oxygen atoms in total. The lowest BCUT2D eigenvalue weighted by Gasteiger charge is -2.19. The Bertz CT molecular complexity index is 647. The average Bonchev–Trinajstić information content (AvgIpc) is 2.56. The van der Waals surface area contributed by atoms with Crippen molar-refractivity contribution < 1.29 is 9.53 Å². The van der Waals surface area contributed by atoms with Crippen molar-refractivity contribution in [2.24, 2.45) is 0 Å². The molecule has 0 aliphatic heterocycles. The van der Waals surface area contributed by atoms with Crippen LogP contribution in [0.2, 0.25) is 5.02 Å². The van der Waals surface area contributed by atoms with E-state index in [4.69, 9.17) is 16.3 Å². The Labute approximate surface area is 141 Å². The molecule has 0 spiro atoms. The molecular weight excluding hydrogens is 312 g/mol. The second kappa shape index (κ2) is 8.67. The van der Waals surface area contributed by atoms with Gasteiger partial charge >= 0.3 is 0 Å². The molecule has 2 aromatic rings. The number of amides is 1. The largest absolute Gasteiger partial charge is 0.383 e. The molecule has 2 aromatic carbocycles. The number of nitrogens with one attached hydrogen (secondary N) is 2. The van der Waals surface area contributed by atoms with E-state index in [-0.39, 0.29) is 5.91 Å². The summed E-state index contributed by atoms with van der Waals surface area (Å²) in [6.45, 7) is 3.04. The molecule has 0 aliphatic rings. The molecule has 0 radical (unpaired) electrons. The molecule has 1 amide bonds. The van der Waals surface area contributed by atoms with Gasteiger partial charge in [0.2, 0.25) is 5.91 Å². The van der Waals surface area contributed by atoms with E-state index in [1.54, 1.807) is 13.2 Å². The molecule has 5 heteroatoms. The van der Waals surface area contributed by atoms with Crippen LogP contribution in [0.4, 0.5) is 5.69 Å². The van der Waals surface area contributed by atoms with Gasteiger partial charge in [0.05, 0.1) is 6.61 Å². The van der Waals surface area contributed by atoms with Crippen LogP contribution in [0.5, 0.6) is 0 Å². The molecular formula is C18H21ClN2O2. The van der Waals surface area contributed by atoms with Crippen LogP contribution in [0.25, 0.3) is 0 Å². The first kappa shape index (κ1) is 17.5. The van der Waals surface area contributed by atoms with Gasteiger partial charge in [-0.25, -0.2) is 0 Å². The Hall–Kier alpha value is -1.88. The van der Waals surface area contributed by atoms with E-state index in [9.17, 15) is 4.79 Å². The molecule has 1 atom stereocenters. The number of anilines is 1. The number of ether oxygens (including phenoxy) is 1. The molecule has 0 bridgehead atoms. The number of halogens is 1. The van der Waals surface area contributed by atoms with E-state index in [0.29, 0.717) is 23.9 Å². The summed E-state index contributed by atoms with van der Waals surface area (Å²) < 4.78 is 5.04. The van der Waals surface area contributed by atoms with Crippen LogP contribution in [-0.2, 0) is 9.53 Å². The zero-order valence-corrected chi connectivity index (χ0v) is 14.1. The molecule has 0 unspecified atom stereocenters. The summed E-state index contributed by atoms with van der Waals surface area (Å²) in [6.07, 6.45) is 0. The van der Waals surface area contributed by atoms with E-state index < -0.39 is 6.04 Å². The molecule has 23 heavy (non-hydrogen) atoms. The molecule has 0 saturated heterocycles. The molecule has 0 aliphatic carbocycles. The molecule has 0 saturated carbocycles. The maximum Gasteiger partial charge on any atom is 0.246 e. The third-order valence-corrected chi connectivity index (χ3v) is 3.90. The minimum atomic E-state index is -0.452. The minimum absolute atomic E-state index is 0.132. The highest BCUT2D eigenvalue weighted by atomic mass is 35.5. The standard InChI is InChI=1S/C18H21ClN2O2/c1-13-8-9-15(12-16(13)19)21-18(22)17(20-10-11-23-2)14-6-4-3-5-7-14/h3-9,12,17,20H,10-11H2,1-2H3,(H,21,22)/t17-/m0/s1. The summed E-state index contributed by atoms with van der Waals surface area (Å²) >= 11 is 6.11. The first-order valence-corrected chi connectivity index (χ1v) is 7.84. The van der Waals surface area contributed by atoms with Crippen molar-refractivity contribution in [2.45, 2.75) is 13.0 Å². The topological polar surface area (TPSA) is 50.4 Å². The molecule has 2 rings (SSSR count). The number of benzene rings is 2. The quantitative estimate of drug-likeness (QED) is 0.762. The Kier molecular flexibility index (Phi) is 6.59. The second-order valence-corrected chi connectivity index (χ2v) is 5.65. The monoisotopic (exact) mass is 332 g/mol. The van der Waals surface area contributed by atoms with Crippen molar-refractivity contribution >= 4 is 23.2 Å². The molecule has 2 N–H and O–H groups in total. The van der Waals surface area contributed by atoms with Gasteiger partial charge in [-0.2, -0.15) is 0 Å². The van der Waals surface area contributed by atoms with Gasteiger partial charge in [-0.3, -0.25) is 10.1 Å². The van der Waals surface area contributed by atoms with Crippen molar-refractivity contribution in [3.63, 3.8) is 0 Å². The summed E-state index contributed by atoms with van der Waals surface area (Å²) in [7, 11) is 1.63. The maximum absolute atomic E-state index is 12.6. The maximum atomic E-state index is 12.6. The summed E-state index contributed by atoms with van der Waals surface area (Å²) in [5, 5.41) is 6.75. The summed E-state index contributed by atoms with van der Waals surface area (Å²) in [5.41, 5.74) is 2.56. The Morgan fingerprint density at radius 2 is 1.96 bits per heavy atom. The van der Waals surface area contributed by atoms with Crippen molar-refractivity contribution in [3.8, 4) is 0 Å². The van der Waals surface area contributed by atoms with Crippen LogP contribution in [0, 0.1) is 6.92 Å². The average molecular weight is 333 g/mol. The van der Waals surface area contributed by atoms with Gasteiger partial charge in [-0.1, -0.05) is 48.0 Å². The lowest BCUT2D eigenvalue weighted by molar-refractivity contribution is -0.118. The molecule has 122 valence electrons. The van der Waals surface area contributed by atoms with Gasteiger partial charge in [0.1, 0.15) is 6.04 Å². The van der Waals surface area contributed by atoms with Gasteiger partial charge in [0, 0.05) is 24.4 Å². The third-order valence-electron chi connectivity index (χ3n) is 3.49. The highest BCUT2D eigenvalue weighted by Crippen LogP contribution is 2.21. The van der Waals surface area contributed by atoms with Gasteiger partial charge in [-0.15, -0.1) is 0 Å². The van der Waals surface area contributed by atoms with Gasteiger partial charge < -0.3 is 10.1 Å². The van der Waals surface area contributed by atoms with E-state index in [1.807, 2.05) is 49.4 Å². The number of hydrogen-bond donors (Lipinski definition) is 2. The van der Waals surface area contributed by atoms with Crippen molar-refractivity contribution in [1.29, 1.82) is 0 Å². The predicted molar refractivity (Wildman–Crippen MR) is 93.9 cm³/mol. The first-order valence-electron chi connectivity index (χ1n) is 7.46. The lowest BCUT2D eigenvalue weighted by atomic mass is 10.1. The summed E-state index contributed by atoms with van der Waals surface area (Å²) in [6, 6.07) is 14.6. The Morgan fingerprint density at radius 3 is 2.61 bits per heavy atom. The minimum Gasteiger partial charge on any atom is -0.383 e. The van der Waals surface area contributed by atoms with Crippen LogP contribution in [-0.4, -0.2) is 26.2 Å². The zero-order valence-electron chi connectivity index (χ0n) is 13.3. The number of hydrogen-bond acceptors (Lipinski definition) is 3. The van der Waals surface area contributed by atoms with Gasteiger partial charge in [-0.05, 0) is 30.2 Å². The fourth-order valence-corrected chi connectivity index (χ4v) is 2.38. The molecule has 0 heterocycles. The number of carbonyl (C=O) groups is 1. The van der Waals surface area contributed by atoms with Crippen LogP contribution >= 0.6 is 11.6 Å². The van der Waals surface area contributed by atoms with Crippen molar-refractivity contribution in [1.82, 2.24) is 5.32 Å². The van der Waals surface area contributed by atoms with Crippen LogP contribution in [0.3, 0.4) is 0 Å². The number of methoxy groups -OCH3 is 1. The van der Waals surface area contributed by atoms with E-state index in [2.05, 4.69) is 10.6 Å². The fraction of sp³-hybridized carbons (Fsp3) is 0.278. The second-order valence-electron chi connectivity index (χ2n) is 5.24. The zero-order chi connectivity index (χ0) is 16.7. The highest BCUT2D eigenvalue weighted by molar-refractivity contribution is 6.31. The van der Waals surface area contributed by atoms with Crippen LogP contribution < -0.4 is 10.6 Å². The Morgan fingerprint density at radius 1 is 1.22 bits per heavy atom. The molecule has 0 fully saturated rings. The summed E-state index contributed by atoms with van der Waals surface area (Å²) in [4.78, 5) is 12.6. The highest BCUT2D eigenvalue weighted by Gasteiger charge is 2.20. The molecule has 0 aromatic heterocycles. The van der Waals surface area contributed by atoms with E-state index in [1.165, 1.54) is 0 Å². The van der Waals surface area contributed by atoms with E-state index in [0.717, 1.165) is 11.1 Å². The normalized spacial score (nSPS) is 12.0. The summed E-state index contributed by atoms with van der Waals surface area (Å²) in [5.74, 6) is -0.132. The van der Waals surface area contributed by atoms with Crippen LogP contribution in [0.1, 0.15) is 17.2 Å². The van der Waals surface area contributed by atoms with Crippen molar-refractivity contribution in [2.75, 3.05) is 25.6 Å². The number of carbonyl (C=O) groups excluding carboxylic acids is 1. The number of rotatable bonds is 7. The van der Waals surface area contributed by atoms with Gasteiger partial charge in [0.15, 0.2) is 0 Å². The van der Waals surface area contributed by atoms with Crippen LogP contribution in [0.15, 0.2) is 48.5 Å². The Balaban J connectivity index is 2.13. The van der Waals surface area contributed by atoms with Crippen molar-refractivity contribution in [3.05, 3.63) is 64.7 Å². The third kappa shape index (κ3) is 5.06. The lowest BCUT2D eigenvalue weighted by Crippen LogP contribution is -2.34. The fourth-order valence-electron chi connectivity index (χ4n) is 2.20. The van der Waals surface area contributed by atoms with Gasteiger partial charge in [0.25, 0.3) is 0 Å². The number of aryl methyl sites for hydroxylation is 1. The smallest absolute Gasteiger partial charge is 0.246 e.